The largest absolute Gasteiger partial charge is 0.497 e. The molecule has 28 heavy (non-hydrogen) atoms. The first-order valence-corrected chi connectivity index (χ1v) is 11.1. The molecule has 3 rings (SSSR count). The Balaban J connectivity index is 1.85. The van der Waals surface area contributed by atoms with Gasteiger partial charge in [-0.3, -0.25) is 4.18 Å². The van der Waals surface area contributed by atoms with Gasteiger partial charge in [0.15, 0.2) is 0 Å². The van der Waals surface area contributed by atoms with Crippen LogP contribution in [-0.4, -0.2) is 32.8 Å². The van der Waals surface area contributed by atoms with Crippen molar-refractivity contribution in [2.45, 2.75) is 55.4 Å². The predicted octanol–water partition coefficient (Wildman–Crippen LogP) is 4.19. The van der Waals surface area contributed by atoms with E-state index >= 15 is 0 Å². The number of benzene rings is 2. The molecule has 1 fully saturated rings. The molecule has 0 saturated heterocycles. The van der Waals surface area contributed by atoms with E-state index in [1.54, 1.807) is 31.4 Å². The molecule has 0 unspecified atom stereocenters. The van der Waals surface area contributed by atoms with Crippen molar-refractivity contribution in [1.29, 1.82) is 0 Å². The first kappa shape index (κ1) is 20.8. The fourth-order valence-electron chi connectivity index (χ4n) is 3.84. The Bertz CT molecular complexity index is 866. The van der Waals surface area contributed by atoms with Crippen LogP contribution in [0.5, 0.6) is 5.75 Å². The fraction of sp³-hybridized carbons (Fsp3) is 0.455. The standard InChI is InChI=1S/C22H28O5S/c1-17-6-12-20(13-7-17)28(24,25)27-16-21(22(23)14-4-3-5-15-22)18-8-10-19(26-2)11-9-18/h6-13,21,23H,3-5,14-16H2,1-2H3/t21-/m0/s1. The molecule has 0 bridgehead atoms. The molecule has 0 radical (unpaired) electrons. The molecule has 152 valence electrons. The highest BCUT2D eigenvalue weighted by Gasteiger charge is 2.39. The highest BCUT2D eigenvalue weighted by molar-refractivity contribution is 7.86. The van der Waals surface area contributed by atoms with E-state index in [-0.39, 0.29) is 11.5 Å². The fourth-order valence-corrected chi connectivity index (χ4v) is 4.76. The van der Waals surface area contributed by atoms with Gasteiger partial charge < -0.3 is 9.84 Å². The number of ether oxygens (including phenoxy) is 1. The average Bonchev–Trinajstić information content (AvgIpc) is 2.69. The van der Waals surface area contributed by atoms with E-state index in [4.69, 9.17) is 8.92 Å². The van der Waals surface area contributed by atoms with Crippen LogP contribution in [0.25, 0.3) is 0 Å². The van der Waals surface area contributed by atoms with Gasteiger partial charge in [0.05, 0.1) is 24.2 Å². The summed E-state index contributed by atoms with van der Waals surface area (Å²) in [6, 6.07) is 14.0. The van der Waals surface area contributed by atoms with Gasteiger partial charge in [-0.05, 0) is 49.6 Å². The quantitative estimate of drug-likeness (QED) is 0.701. The maximum absolute atomic E-state index is 12.6. The summed E-state index contributed by atoms with van der Waals surface area (Å²) in [6.45, 7) is 1.80. The molecule has 2 aromatic carbocycles. The van der Waals surface area contributed by atoms with Crippen molar-refractivity contribution in [3.8, 4) is 5.75 Å². The van der Waals surface area contributed by atoms with Crippen LogP contribution in [0.1, 0.15) is 49.1 Å². The zero-order valence-corrected chi connectivity index (χ0v) is 17.2. The Morgan fingerprint density at radius 1 is 1.00 bits per heavy atom. The Morgan fingerprint density at radius 2 is 1.61 bits per heavy atom. The zero-order valence-electron chi connectivity index (χ0n) is 16.4. The number of aliphatic hydroxyl groups is 1. The minimum absolute atomic E-state index is 0.0982. The van der Waals surface area contributed by atoms with E-state index in [2.05, 4.69) is 0 Å². The van der Waals surface area contributed by atoms with Crippen molar-refractivity contribution in [1.82, 2.24) is 0 Å². The van der Waals surface area contributed by atoms with Crippen molar-refractivity contribution >= 4 is 10.1 Å². The van der Waals surface area contributed by atoms with Gasteiger partial charge >= 0.3 is 0 Å². The van der Waals surface area contributed by atoms with Crippen LogP contribution in [0.3, 0.4) is 0 Å². The van der Waals surface area contributed by atoms with E-state index in [0.29, 0.717) is 18.6 Å². The first-order valence-electron chi connectivity index (χ1n) is 9.66. The lowest BCUT2D eigenvalue weighted by molar-refractivity contribution is -0.0328. The van der Waals surface area contributed by atoms with Gasteiger partial charge in [0.1, 0.15) is 5.75 Å². The molecule has 1 saturated carbocycles. The normalized spacial score (nSPS) is 17.8. The maximum atomic E-state index is 12.6. The lowest BCUT2D eigenvalue weighted by Crippen LogP contribution is -2.41. The molecule has 6 heteroatoms. The molecule has 0 amide bonds. The summed E-state index contributed by atoms with van der Waals surface area (Å²) in [5.74, 6) is 0.283. The van der Waals surface area contributed by atoms with E-state index in [1.807, 2.05) is 31.2 Å². The molecule has 5 nitrogen and oxygen atoms in total. The SMILES string of the molecule is COc1ccc([C@H](COS(=O)(=O)c2ccc(C)cc2)C2(O)CCCCC2)cc1. The Hall–Kier alpha value is -1.89. The highest BCUT2D eigenvalue weighted by Crippen LogP contribution is 2.41. The van der Waals surface area contributed by atoms with Crippen molar-refractivity contribution < 1.29 is 22.4 Å². The zero-order chi connectivity index (χ0) is 20.2. The van der Waals surface area contributed by atoms with Gasteiger partial charge in [0.2, 0.25) is 0 Å². The molecular weight excluding hydrogens is 376 g/mol. The van der Waals surface area contributed by atoms with Crippen molar-refractivity contribution in [3.63, 3.8) is 0 Å². The molecule has 1 atom stereocenters. The van der Waals surface area contributed by atoms with Crippen molar-refractivity contribution in [3.05, 3.63) is 59.7 Å². The maximum Gasteiger partial charge on any atom is 0.296 e. The smallest absolute Gasteiger partial charge is 0.296 e. The topological polar surface area (TPSA) is 72.8 Å². The summed E-state index contributed by atoms with van der Waals surface area (Å²) in [4.78, 5) is 0.127. The monoisotopic (exact) mass is 404 g/mol. The van der Waals surface area contributed by atoms with Crippen LogP contribution in [0.4, 0.5) is 0 Å². The lowest BCUT2D eigenvalue weighted by atomic mass is 9.73. The molecule has 1 N–H and O–H groups in total. The van der Waals surface area contributed by atoms with Gasteiger partial charge in [-0.2, -0.15) is 8.42 Å². The Morgan fingerprint density at radius 3 is 2.18 bits per heavy atom. The summed E-state index contributed by atoms with van der Waals surface area (Å²) >= 11 is 0. The molecule has 0 heterocycles. The van der Waals surface area contributed by atoms with Crippen LogP contribution in [-0.2, 0) is 14.3 Å². The van der Waals surface area contributed by atoms with Gasteiger partial charge in [-0.1, -0.05) is 49.1 Å². The Kier molecular flexibility index (Phi) is 6.43. The molecule has 0 aliphatic heterocycles. The predicted molar refractivity (Wildman–Crippen MR) is 108 cm³/mol. The van der Waals surface area contributed by atoms with E-state index < -0.39 is 21.6 Å². The van der Waals surface area contributed by atoms with Crippen LogP contribution < -0.4 is 4.74 Å². The van der Waals surface area contributed by atoms with Crippen LogP contribution in [0.2, 0.25) is 0 Å². The molecular formula is C22H28O5S. The first-order chi connectivity index (χ1) is 13.3. The minimum Gasteiger partial charge on any atom is -0.497 e. The number of hydrogen-bond donors (Lipinski definition) is 1. The van der Waals surface area contributed by atoms with Gasteiger partial charge in [-0.15, -0.1) is 0 Å². The summed E-state index contributed by atoms with van der Waals surface area (Å²) in [6.07, 6.45) is 4.21. The highest BCUT2D eigenvalue weighted by atomic mass is 32.2. The Labute approximate surface area is 167 Å². The summed E-state index contributed by atoms with van der Waals surface area (Å²) in [5, 5.41) is 11.3. The summed E-state index contributed by atoms with van der Waals surface area (Å²) in [5.41, 5.74) is 0.853. The third-order valence-electron chi connectivity index (χ3n) is 5.59. The minimum atomic E-state index is -3.89. The molecule has 1 aliphatic rings. The van der Waals surface area contributed by atoms with E-state index in [1.165, 1.54) is 0 Å². The van der Waals surface area contributed by atoms with Crippen molar-refractivity contribution in [2.75, 3.05) is 13.7 Å². The molecule has 0 spiro atoms. The van der Waals surface area contributed by atoms with Crippen LogP contribution in [0, 0.1) is 6.92 Å². The molecule has 2 aromatic rings. The van der Waals surface area contributed by atoms with Crippen LogP contribution >= 0.6 is 0 Å². The average molecular weight is 405 g/mol. The van der Waals surface area contributed by atoms with Gasteiger partial charge in [0.25, 0.3) is 10.1 Å². The summed E-state index contributed by atoms with van der Waals surface area (Å²) < 4.78 is 35.9. The van der Waals surface area contributed by atoms with Crippen molar-refractivity contribution in [2.24, 2.45) is 0 Å². The third-order valence-corrected chi connectivity index (χ3v) is 6.88. The number of rotatable bonds is 7. The second-order valence-electron chi connectivity index (χ2n) is 7.54. The number of methoxy groups -OCH3 is 1. The van der Waals surface area contributed by atoms with Gasteiger partial charge in [-0.25, -0.2) is 0 Å². The molecule has 1 aliphatic carbocycles. The second kappa shape index (κ2) is 8.64. The third kappa shape index (κ3) is 4.74. The van der Waals surface area contributed by atoms with E-state index in [9.17, 15) is 13.5 Å². The van der Waals surface area contributed by atoms with Crippen LogP contribution in [0.15, 0.2) is 53.4 Å². The molecule has 0 aromatic heterocycles. The van der Waals surface area contributed by atoms with Gasteiger partial charge in [0, 0.05) is 5.92 Å². The summed E-state index contributed by atoms with van der Waals surface area (Å²) in [7, 11) is -2.30. The lowest BCUT2D eigenvalue weighted by Gasteiger charge is -2.39. The number of aryl methyl sites for hydroxylation is 1. The second-order valence-corrected chi connectivity index (χ2v) is 9.16. The van der Waals surface area contributed by atoms with E-state index in [0.717, 1.165) is 30.4 Å². The number of hydrogen-bond acceptors (Lipinski definition) is 5.